The standard InChI is InChI=1S/C20H15F/c21-20(17-11-5-2-6-12-17)15-18-13-7-8-14-19(18)16-9-3-1-4-10-16/h1-15H/b20-15+. The molecule has 3 aromatic carbocycles. The molecule has 102 valence electrons. The minimum Gasteiger partial charge on any atom is -0.206 e. The van der Waals surface area contributed by atoms with E-state index in [1.807, 2.05) is 72.8 Å². The third kappa shape index (κ3) is 3.09. The molecular weight excluding hydrogens is 259 g/mol. The van der Waals surface area contributed by atoms with Crippen LogP contribution in [0.1, 0.15) is 11.1 Å². The van der Waals surface area contributed by atoms with Gasteiger partial charge < -0.3 is 0 Å². The maximum atomic E-state index is 14.4. The largest absolute Gasteiger partial charge is 0.206 e. The zero-order valence-corrected chi connectivity index (χ0v) is 11.5. The Morgan fingerprint density at radius 1 is 0.667 bits per heavy atom. The van der Waals surface area contributed by atoms with Gasteiger partial charge in [-0.3, -0.25) is 0 Å². The van der Waals surface area contributed by atoms with E-state index in [4.69, 9.17) is 0 Å². The minimum absolute atomic E-state index is 0.223. The molecule has 0 radical (unpaired) electrons. The van der Waals surface area contributed by atoms with Gasteiger partial charge in [0.25, 0.3) is 0 Å². The molecule has 0 atom stereocenters. The van der Waals surface area contributed by atoms with Gasteiger partial charge in [0.2, 0.25) is 0 Å². The van der Waals surface area contributed by atoms with Crippen molar-refractivity contribution in [3.8, 4) is 11.1 Å². The van der Waals surface area contributed by atoms with Crippen LogP contribution in [-0.4, -0.2) is 0 Å². The van der Waals surface area contributed by atoms with Crippen molar-refractivity contribution in [2.45, 2.75) is 0 Å². The predicted molar refractivity (Wildman–Crippen MR) is 87.3 cm³/mol. The zero-order valence-electron chi connectivity index (χ0n) is 11.5. The highest BCUT2D eigenvalue weighted by Gasteiger charge is 2.05. The summed E-state index contributed by atoms with van der Waals surface area (Å²) >= 11 is 0. The van der Waals surface area contributed by atoms with Crippen LogP contribution in [0.25, 0.3) is 23.0 Å². The van der Waals surface area contributed by atoms with E-state index in [0.717, 1.165) is 16.7 Å². The van der Waals surface area contributed by atoms with E-state index in [0.29, 0.717) is 5.56 Å². The summed E-state index contributed by atoms with van der Waals surface area (Å²) in [6.45, 7) is 0. The van der Waals surface area contributed by atoms with E-state index in [9.17, 15) is 4.39 Å². The van der Waals surface area contributed by atoms with E-state index < -0.39 is 0 Å². The lowest BCUT2D eigenvalue weighted by atomic mass is 9.99. The molecule has 0 heterocycles. The molecule has 0 saturated carbocycles. The van der Waals surface area contributed by atoms with Gasteiger partial charge in [0.05, 0.1) is 0 Å². The quantitative estimate of drug-likeness (QED) is 0.528. The predicted octanol–water partition coefficient (Wildman–Crippen LogP) is 5.82. The Kier molecular flexibility index (Phi) is 3.92. The van der Waals surface area contributed by atoms with Crippen molar-refractivity contribution in [1.82, 2.24) is 0 Å². The molecule has 21 heavy (non-hydrogen) atoms. The van der Waals surface area contributed by atoms with Crippen LogP contribution in [0, 0.1) is 0 Å². The summed E-state index contributed by atoms with van der Waals surface area (Å²) in [7, 11) is 0. The summed E-state index contributed by atoms with van der Waals surface area (Å²) in [4.78, 5) is 0. The van der Waals surface area contributed by atoms with Crippen LogP contribution in [-0.2, 0) is 0 Å². The Labute approximate surface area is 124 Å². The van der Waals surface area contributed by atoms with E-state index in [-0.39, 0.29) is 5.83 Å². The van der Waals surface area contributed by atoms with Crippen LogP contribution >= 0.6 is 0 Å². The maximum Gasteiger partial charge on any atom is 0.131 e. The van der Waals surface area contributed by atoms with Crippen LogP contribution in [0.2, 0.25) is 0 Å². The van der Waals surface area contributed by atoms with Crippen molar-refractivity contribution in [2.24, 2.45) is 0 Å². The first kappa shape index (κ1) is 13.3. The molecule has 0 aliphatic heterocycles. The van der Waals surface area contributed by atoms with Crippen molar-refractivity contribution >= 4 is 11.9 Å². The SMILES string of the molecule is F/C(=C/c1ccccc1-c1ccccc1)c1ccccc1. The molecule has 0 fully saturated rings. The first-order valence-electron chi connectivity index (χ1n) is 6.92. The molecule has 3 rings (SSSR count). The number of hydrogen-bond acceptors (Lipinski definition) is 0. The third-order valence-corrected chi connectivity index (χ3v) is 3.38. The topological polar surface area (TPSA) is 0 Å². The molecular formula is C20H15F. The molecule has 0 nitrogen and oxygen atoms in total. The Morgan fingerprint density at radius 3 is 1.95 bits per heavy atom. The average Bonchev–Trinajstić information content (AvgIpc) is 2.57. The Balaban J connectivity index is 2.04. The second-order valence-corrected chi connectivity index (χ2v) is 4.81. The normalized spacial score (nSPS) is 11.4. The molecule has 0 aliphatic carbocycles. The van der Waals surface area contributed by atoms with Crippen LogP contribution in [0.5, 0.6) is 0 Å². The molecule has 0 amide bonds. The second kappa shape index (κ2) is 6.19. The minimum atomic E-state index is -0.223. The molecule has 0 aromatic heterocycles. The van der Waals surface area contributed by atoms with Gasteiger partial charge in [-0.2, -0.15) is 0 Å². The van der Waals surface area contributed by atoms with Crippen LogP contribution in [0.15, 0.2) is 84.9 Å². The van der Waals surface area contributed by atoms with Crippen molar-refractivity contribution in [3.63, 3.8) is 0 Å². The van der Waals surface area contributed by atoms with E-state index in [2.05, 4.69) is 0 Å². The van der Waals surface area contributed by atoms with Crippen LogP contribution in [0.3, 0.4) is 0 Å². The fourth-order valence-electron chi connectivity index (χ4n) is 2.32. The maximum absolute atomic E-state index is 14.4. The Morgan fingerprint density at radius 2 is 1.24 bits per heavy atom. The molecule has 0 spiro atoms. The lowest BCUT2D eigenvalue weighted by Crippen LogP contribution is -1.84. The lowest BCUT2D eigenvalue weighted by Gasteiger charge is -2.07. The zero-order chi connectivity index (χ0) is 14.5. The van der Waals surface area contributed by atoms with Gasteiger partial charge in [-0.1, -0.05) is 84.9 Å². The summed E-state index contributed by atoms with van der Waals surface area (Å²) < 4.78 is 14.4. The Hall–Kier alpha value is -2.67. The number of rotatable bonds is 3. The van der Waals surface area contributed by atoms with Gasteiger partial charge in [0, 0.05) is 5.56 Å². The molecule has 0 saturated heterocycles. The first-order valence-corrected chi connectivity index (χ1v) is 6.92. The van der Waals surface area contributed by atoms with Crippen molar-refractivity contribution in [2.75, 3.05) is 0 Å². The fraction of sp³-hybridized carbons (Fsp3) is 0. The van der Waals surface area contributed by atoms with E-state index in [1.54, 1.807) is 18.2 Å². The van der Waals surface area contributed by atoms with Crippen LogP contribution in [0.4, 0.5) is 4.39 Å². The highest BCUT2D eigenvalue weighted by molar-refractivity contribution is 5.84. The number of hydrogen-bond donors (Lipinski definition) is 0. The lowest BCUT2D eigenvalue weighted by molar-refractivity contribution is 0.765. The van der Waals surface area contributed by atoms with Crippen molar-refractivity contribution < 1.29 is 4.39 Å². The summed E-state index contributed by atoms with van der Waals surface area (Å²) in [5.41, 5.74) is 3.60. The molecule has 0 unspecified atom stereocenters. The molecule has 0 aliphatic rings. The Bertz CT molecular complexity index is 743. The summed E-state index contributed by atoms with van der Waals surface area (Å²) in [5, 5.41) is 0. The monoisotopic (exact) mass is 274 g/mol. The summed E-state index contributed by atoms with van der Waals surface area (Å²) in [6, 6.07) is 27.0. The smallest absolute Gasteiger partial charge is 0.131 e. The summed E-state index contributed by atoms with van der Waals surface area (Å²) in [6.07, 6.45) is 1.59. The van der Waals surface area contributed by atoms with E-state index >= 15 is 0 Å². The van der Waals surface area contributed by atoms with Gasteiger partial charge in [-0.25, -0.2) is 4.39 Å². The summed E-state index contributed by atoms with van der Waals surface area (Å²) in [5.74, 6) is -0.223. The molecule has 3 aromatic rings. The number of halogens is 1. The number of benzene rings is 3. The fourth-order valence-corrected chi connectivity index (χ4v) is 2.32. The molecule has 0 bridgehead atoms. The van der Waals surface area contributed by atoms with Gasteiger partial charge >= 0.3 is 0 Å². The van der Waals surface area contributed by atoms with Crippen molar-refractivity contribution in [1.29, 1.82) is 0 Å². The van der Waals surface area contributed by atoms with E-state index in [1.165, 1.54) is 0 Å². The van der Waals surface area contributed by atoms with Gasteiger partial charge in [-0.15, -0.1) is 0 Å². The molecule has 1 heteroatoms. The van der Waals surface area contributed by atoms with Gasteiger partial charge in [0.15, 0.2) is 0 Å². The van der Waals surface area contributed by atoms with Crippen LogP contribution < -0.4 is 0 Å². The second-order valence-electron chi connectivity index (χ2n) is 4.81. The van der Waals surface area contributed by atoms with Crippen molar-refractivity contribution in [3.05, 3.63) is 96.1 Å². The third-order valence-electron chi connectivity index (χ3n) is 3.38. The highest BCUT2D eigenvalue weighted by Crippen LogP contribution is 2.27. The average molecular weight is 274 g/mol. The van der Waals surface area contributed by atoms with Gasteiger partial charge in [0.1, 0.15) is 5.83 Å². The highest BCUT2D eigenvalue weighted by atomic mass is 19.1. The van der Waals surface area contributed by atoms with Gasteiger partial charge in [-0.05, 0) is 22.8 Å². The first-order chi connectivity index (χ1) is 10.3. The molecule has 0 N–H and O–H groups in total.